The van der Waals surface area contributed by atoms with Crippen molar-refractivity contribution in [3.8, 4) is 5.75 Å². The number of hydrogen-bond acceptors (Lipinski definition) is 2. The molecule has 1 N–H and O–H groups in total. The Morgan fingerprint density at radius 2 is 2.07 bits per heavy atom. The van der Waals surface area contributed by atoms with E-state index in [2.05, 4.69) is 15.9 Å². The highest BCUT2D eigenvalue weighted by Crippen LogP contribution is 2.28. The molecule has 1 aromatic rings. The fourth-order valence-electron chi connectivity index (χ4n) is 0.870. The quantitative estimate of drug-likeness (QED) is 0.920. The highest BCUT2D eigenvalue weighted by atomic mass is 79.9. The molecule has 2 atom stereocenters. The van der Waals surface area contributed by atoms with Crippen LogP contribution in [0.2, 0.25) is 5.02 Å². The first-order valence-corrected chi connectivity index (χ1v) is 5.47. The Morgan fingerprint density at radius 1 is 1.43 bits per heavy atom. The highest BCUT2D eigenvalue weighted by molar-refractivity contribution is 9.10. The summed E-state index contributed by atoms with van der Waals surface area (Å²) in [5, 5.41) is 9.78. The third-order valence-electron chi connectivity index (χ3n) is 1.89. The Labute approximate surface area is 97.0 Å². The monoisotopic (exact) mass is 278 g/mol. The lowest BCUT2D eigenvalue weighted by Gasteiger charge is -2.17. The molecule has 0 spiro atoms. The van der Waals surface area contributed by atoms with Crippen LogP contribution in [0.25, 0.3) is 0 Å². The van der Waals surface area contributed by atoms with Crippen molar-refractivity contribution in [2.45, 2.75) is 26.1 Å². The number of benzene rings is 1. The van der Waals surface area contributed by atoms with Gasteiger partial charge in [-0.05, 0) is 32.0 Å². The van der Waals surface area contributed by atoms with E-state index in [0.29, 0.717) is 10.8 Å². The minimum absolute atomic E-state index is 0.270. The van der Waals surface area contributed by atoms with Gasteiger partial charge in [0, 0.05) is 4.47 Å². The van der Waals surface area contributed by atoms with Gasteiger partial charge in [0.25, 0.3) is 0 Å². The second-order valence-electron chi connectivity index (χ2n) is 3.14. The van der Waals surface area contributed by atoms with Crippen molar-refractivity contribution in [1.29, 1.82) is 0 Å². The Morgan fingerprint density at radius 3 is 2.57 bits per heavy atom. The summed E-state index contributed by atoms with van der Waals surface area (Å²) in [5.41, 5.74) is 0. The number of rotatable bonds is 3. The summed E-state index contributed by atoms with van der Waals surface area (Å²) < 4.78 is 6.36. The summed E-state index contributed by atoms with van der Waals surface area (Å²) in [5.74, 6) is 0.586. The maximum Gasteiger partial charge on any atom is 0.138 e. The molecule has 14 heavy (non-hydrogen) atoms. The first-order valence-electron chi connectivity index (χ1n) is 4.30. The third-order valence-corrected chi connectivity index (χ3v) is 2.67. The van der Waals surface area contributed by atoms with Crippen molar-refractivity contribution in [2.24, 2.45) is 0 Å². The molecule has 78 valence electrons. The molecule has 2 unspecified atom stereocenters. The van der Waals surface area contributed by atoms with Crippen LogP contribution in [-0.4, -0.2) is 17.3 Å². The molecule has 0 aromatic heterocycles. The van der Waals surface area contributed by atoms with Crippen molar-refractivity contribution in [2.75, 3.05) is 0 Å². The molecular weight excluding hydrogens is 267 g/mol. The van der Waals surface area contributed by atoms with Crippen LogP contribution in [0.3, 0.4) is 0 Å². The van der Waals surface area contributed by atoms with Crippen molar-refractivity contribution < 1.29 is 9.84 Å². The molecule has 0 saturated carbocycles. The molecule has 0 heterocycles. The molecule has 0 aliphatic heterocycles. The number of hydrogen-bond donors (Lipinski definition) is 1. The lowest BCUT2D eigenvalue weighted by Crippen LogP contribution is -2.25. The summed E-state index contributed by atoms with van der Waals surface area (Å²) in [7, 11) is 0. The predicted octanol–water partition coefficient (Wildman–Crippen LogP) is 3.25. The van der Waals surface area contributed by atoms with Gasteiger partial charge in [-0.25, -0.2) is 0 Å². The second kappa shape index (κ2) is 5.01. The summed E-state index contributed by atoms with van der Waals surface area (Å²) in [6.45, 7) is 3.47. The lowest BCUT2D eigenvalue weighted by molar-refractivity contribution is 0.0605. The molecule has 4 heteroatoms. The maximum absolute atomic E-state index is 9.25. The van der Waals surface area contributed by atoms with Crippen LogP contribution in [0.4, 0.5) is 0 Å². The largest absolute Gasteiger partial charge is 0.486 e. The Hall–Kier alpha value is -0.250. The Kier molecular flexibility index (Phi) is 4.23. The van der Waals surface area contributed by atoms with Crippen molar-refractivity contribution >= 4 is 27.5 Å². The lowest BCUT2D eigenvalue weighted by atomic mass is 10.2. The van der Waals surface area contributed by atoms with Gasteiger partial charge in [0.15, 0.2) is 0 Å². The van der Waals surface area contributed by atoms with Crippen molar-refractivity contribution in [3.05, 3.63) is 27.7 Å². The van der Waals surface area contributed by atoms with Crippen LogP contribution in [0.15, 0.2) is 22.7 Å². The fraction of sp³-hybridized carbons (Fsp3) is 0.400. The average Bonchev–Trinajstić information content (AvgIpc) is 2.09. The van der Waals surface area contributed by atoms with Crippen LogP contribution < -0.4 is 4.74 Å². The SMILES string of the molecule is CC(O)C(C)Oc1ccc(Br)cc1Cl. The molecular formula is C10H12BrClO2. The smallest absolute Gasteiger partial charge is 0.138 e. The number of aliphatic hydroxyl groups excluding tert-OH is 1. The van der Waals surface area contributed by atoms with Gasteiger partial charge in [0.05, 0.1) is 11.1 Å². The standard InChI is InChI=1S/C10H12BrClO2/c1-6(13)7(2)14-10-4-3-8(11)5-9(10)12/h3-7,13H,1-2H3. The van der Waals surface area contributed by atoms with Crippen LogP contribution in [0.5, 0.6) is 5.75 Å². The molecule has 2 nitrogen and oxygen atoms in total. The third kappa shape index (κ3) is 3.15. The van der Waals surface area contributed by atoms with E-state index in [9.17, 15) is 5.11 Å². The van der Waals surface area contributed by atoms with Gasteiger partial charge < -0.3 is 9.84 Å². The van der Waals surface area contributed by atoms with E-state index in [-0.39, 0.29) is 6.10 Å². The maximum atomic E-state index is 9.25. The van der Waals surface area contributed by atoms with E-state index in [1.165, 1.54) is 0 Å². The highest BCUT2D eigenvalue weighted by Gasteiger charge is 2.12. The zero-order chi connectivity index (χ0) is 10.7. The average molecular weight is 280 g/mol. The van der Waals surface area contributed by atoms with Crippen LogP contribution in [0, 0.1) is 0 Å². The summed E-state index contributed by atoms with van der Waals surface area (Å²) in [4.78, 5) is 0. The first-order chi connectivity index (χ1) is 6.50. The molecule has 0 aliphatic rings. The second-order valence-corrected chi connectivity index (χ2v) is 4.46. The van der Waals surface area contributed by atoms with Gasteiger partial charge in [-0.1, -0.05) is 27.5 Å². The number of ether oxygens (including phenoxy) is 1. The summed E-state index contributed by atoms with van der Waals surface area (Å²) in [6.07, 6.45) is -0.789. The van der Waals surface area contributed by atoms with E-state index in [4.69, 9.17) is 16.3 Å². The van der Waals surface area contributed by atoms with Gasteiger partial charge in [-0.15, -0.1) is 0 Å². The van der Waals surface area contributed by atoms with E-state index < -0.39 is 6.10 Å². The molecule has 1 aromatic carbocycles. The molecule has 0 aliphatic carbocycles. The normalized spacial score (nSPS) is 14.9. The predicted molar refractivity (Wildman–Crippen MR) is 60.9 cm³/mol. The first kappa shape index (κ1) is 11.8. The van der Waals surface area contributed by atoms with Crippen LogP contribution in [0.1, 0.15) is 13.8 Å². The van der Waals surface area contributed by atoms with Gasteiger partial charge >= 0.3 is 0 Å². The van der Waals surface area contributed by atoms with E-state index in [1.54, 1.807) is 26.0 Å². The molecule has 0 radical (unpaired) electrons. The van der Waals surface area contributed by atoms with E-state index in [0.717, 1.165) is 4.47 Å². The zero-order valence-electron chi connectivity index (χ0n) is 8.00. The minimum atomic E-state index is -0.519. The number of halogens is 2. The van der Waals surface area contributed by atoms with E-state index >= 15 is 0 Å². The fourth-order valence-corrected chi connectivity index (χ4v) is 1.59. The zero-order valence-corrected chi connectivity index (χ0v) is 10.3. The minimum Gasteiger partial charge on any atom is -0.486 e. The van der Waals surface area contributed by atoms with Crippen LogP contribution >= 0.6 is 27.5 Å². The van der Waals surface area contributed by atoms with Crippen molar-refractivity contribution in [1.82, 2.24) is 0 Å². The van der Waals surface area contributed by atoms with Gasteiger partial charge in [0.2, 0.25) is 0 Å². The molecule has 0 amide bonds. The van der Waals surface area contributed by atoms with Gasteiger partial charge in [0.1, 0.15) is 11.9 Å². The van der Waals surface area contributed by atoms with Crippen LogP contribution in [-0.2, 0) is 0 Å². The Balaban J connectivity index is 2.77. The number of aliphatic hydroxyl groups is 1. The van der Waals surface area contributed by atoms with Gasteiger partial charge in [-0.3, -0.25) is 0 Å². The molecule has 0 bridgehead atoms. The van der Waals surface area contributed by atoms with E-state index in [1.807, 2.05) is 6.07 Å². The molecule has 0 fully saturated rings. The summed E-state index contributed by atoms with van der Waals surface area (Å²) >= 11 is 9.24. The van der Waals surface area contributed by atoms with Gasteiger partial charge in [-0.2, -0.15) is 0 Å². The molecule has 1 rings (SSSR count). The summed E-state index contributed by atoms with van der Waals surface area (Å²) in [6, 6.07) is 5.37. The Bertz CT molecular complexity index is 315. The van der Waals surface area contributed by atoms with Crippen molar-refractivity contribution in [3.63, 3.8) is 0 Å². The molecule has 0 saturated heterocycles. The topological polar surface area (TPSA) is 29.5 Å².